The first-order valence-corrected chi connectivity index (χ1v) is 7.48. The third-order valence-corrected chi connectivity index (χ3v) is 4.16. The number of hydrogen-bond acceptors (Lipinski definition) is 4. The van der Waals surface area contributed by atoms with Gasteiger partial charge in [-0.2, -0.15) is 0 Å². The van der Waals surface area contributed by atoms with Crippen molar-refractivity contribution in [2.45, 2.75) is 33.4 Å². The molecule has 2 heterocycles. The fraction of sp³-hybridized carbons (Fsp3) is 0.312. The van der Waals surface area contributed by atoms with Crippen molar-refractivity contribution in [3.63, 3.8) is 0 Å². The van der Waals surface area contributed by atoms with Crippen LogP contribution < -0.4 is 10.1 Å². The normalized spacial score (nSPS) is 23.2. The molecule has 0 radical (unpaired) electrons. The highest BCUT2D eigenvalue weighted by atomic mass is 79.9. The summed E-state index contributed by atoms with van der Waals surface area (Å²) in [6.07, 6.45) is 1.80. The zero-order valence-corrected chi connectivity index (χ0v) is 13.9. The standard InChI is InChI=1S/C16H16BrNO3/c1-8-5-12(17)15-13(6-8)18-16(21-15)7-9(2)20-11(4)14(16)10(3)19/h5-7,18H,1-4H3. The summed E-state index contributed by atoms with van der Waals surface area (Å²) >= 11 is 3.52. The lowest BCUT2D eigenvalue weighted by atomic mass is 9.95. The lowest BCUT2D eigenvalue weighted by Crippen LogP contribution is -2.45. The summed E-state index contributed by atoms with van der Waals surface area (Å²) in [6.45, 7) is 7.16. The molecule has 0 aliphatic carbocycles. The number of fused-ring (bicyclic) bond motifs is 1. The molecular formula is C16H16BrNO3. The Kier molecular flexibility index (Phi) is 3.13. The van der Waals surface area contributed by atoms with Gasteiger partial charge in [0.1, 0.15) is 17.1 Å². The van der Waals surface area contributed by atoms with E-state index in [2.05, 4.69) is 21.2 Å². The molecule has 1 aromatic rings. The van der Waals surface area contributed by atoms with Gasteiger partial charge in [0.15, 0.2) is 11.5 Å². The van der Waals surface area contributed by atoms with Crippen LogP contribution >= 0.6 is 15.9 Å². The Morgan fingerprint density at radius 2 is 2.00 bits per heavy atom. The van der Waals surface area contributed by atoms with Crippen molar-refractivity contribution < 1.29 is 14.3 Å². The quantitative estimate of drug-likeness (QED) is 0.830. The molecule has 2 aliphatic heterocycles. The van der Waals surface area contributed by atoms with Crippen molar-refractivity contribution >= 4 is 27.4 Å². The van der Waals surface area contributed by atoms with Crippen LogP contribution in [0.1, 0.15) is 26.3 Å². The molecule has 0 amide bonds. The zero-order chi connectivity index (χ0) is 15.4. The van der Waals surface area contributed by atoms with Crippen molar-refractivity contribution in [3.05, 3.63) is 45.3 Å². The molecular weight excluding hydrogens is 334 g/mol. The number of benzene rings is 1. The Labute approximate surface area is 131 Å². The fourth-order valence-corrected chi connectivity index (χ4v) is 3.60. The molecule has 0 bridgehead atoms. The monoisotopic (exact) mass is 349 g/mol. The molecule has 1 unspecified atom stereocenters. The van der Waals surface area contributed by atoms with Gasteiger partial charge in [0.05, 0.1) is 10.2 Å². The Morgan fingerprint density at radius 3 is 2.67 bits per heavy atom. The molecule has 1 aromatic carbocycles. The average Bonchev–Trinajstić information content (AvgIpc) is 2.65. The number of anilines is 1. The highest BCUT2D eigenvalue weighted by Gasteiger charge is 2.47. The van der Waals surface area contributed by atoms with E-state index in [1.54, 1.807) is 13.0 Å². The van der Waals surface area contributed by atoms with Crippen molar-refractivity contribution in [1.82, 2.24) is 0 Å². The molecule has 4 nitrogen and oxygen atoms in total. The van der Waals surface area contributed by atoms with Crippen molar-refractivity contribution in [1.29, 1.82) is 0 Å². The van der Waals surface area contributed by atoms with E-state index in [1.165, 1.54) is 6.92 Å². The summed E-state index contributed by atoms with van der Waals surface area (Å²) < 4.78 is 12.6. The van der Waals surface area contributed by atoms with E-state index in [0.717, 1.165) is 15.7 Å². The molecule has 5 heteroatoms. The number of rotatable bonds is 1. The minimum absolute atomic E-state index is 0.0793. The molecule has 3 rings (SSSR count). The third kappa shape index (κ3) is 2.16. The molecule has 2 aliphatic rings. The first-order chi connectivity index (χ1) is 9.82. The molecule has 0 saturated carbocycles. The minimum Gasteiger partial charge on any atom is -0.466 e. The number of hydrogen-bond donors (Lipinski definition) is 1. The second kappa shape index (κ2) is 4.63. The van der Waals surface area contributed by atoms with Gasteiger partial charge in [-0.05, 0) is 61.3 Å². The minimum atomic E-state index is -0.989. The molecule has 0 fully saturated rings. The van der Waals surface area contributed by atoms with Crippen LogP contribution in [0, 0.1) is 6.92 Å². The number of halogens is 1. The van der Waals surface area contributed by atoms with Crippen LogP contribution in [0.3, 0.4) is 0 Å². The van der Waals surface area contributed by atoms with Crippen LogP contribution in [0.4, 0.5) is 5.69 Å². The molecule has 1 N–H and O–H groups in total. The topological polar surface area (TPSA) is 47.6 Å². The van der Waals surface area contributed by atoms with E-state index >= 15 is 0 Å². The second-order valence-electron chi connectivity index (χ2n) is 5.43. The number of ketones is 1. The maximum atomic E-state index is 12.1. The smallest absolute Gasteiger partial charge is 0.237 e. The third-order valence-electron chi connectivity index (χ3n) is 3.57. The van der Waals surface area contributed by atoms with Crippen molar-refractivity contribution in [2.24, 2.45) is 0 Å². The van der Waals surface area contributed by atoms with Gasteiger partial charge >= 0.3 is 0 Å². The number of nitrogens with one attached hydrogen (secondary N) is 1. The average molecular weight is 350 g/mol. The fourth-order valence-electron chi connectivity index (χ4n) is 2.94. The Hall–Kier alpha value is -1.75. The van der Waals surface area contributed by atoms with Crippen molar-refractivity contribution in [2.75, 3.05) is 5.32 Å². The molecule has 1 atom stereocenters. The molecule has 0 aromatic heterocycles. The van der Waals surface area contributed by atoms with Gasteiger partial charge in [0, 0.05) is 6.08 Å². The van der Waals surface area contributed by atoms with Crippen LogP contribution in [-0.4, -0.2) is 11.5 Å². The Balaban J connectivity index is 2.16. The summed E-state index contributed by atoms with van der Waals surface area (Å²) in [6, 6.07) is 3.99. The summed E-state index contributed by atoms with van der Waals surface area (Å²) in [5.74, 6) is 1.89. The van der Waals surface area contributed by atoms with Gasteiger partial charge in [0.25, 0.3) is 0 Å². The van der Waals surface area contributed by atoms with E-state index in [1.807, 2.05) is 26.0 Å². The van der Waals surface area contributed by atoms with E-state index in [-0.39, 0.29) is 5.78 Å². The molecule has 1 spiro atoms. The van der Waals surface area contributed by atoms with Crippen LogP contribution in [0.15, 0.2) is 39.8 Å². The van der Waals surface area contributed by atoms with Gasteiger partial charge in [0.2, 0.25) is 5.72 Å². The number of ether oxygens (including phenoxy) is 2. The van der Waals surface area contributed by atoms with Crippen LogP contribution in [0.25, 0.3) is 0 Å². The predicted molar refractivity (Wildman–Crippen MR) is 84.1 cm³/mol. The van der Waals surface area contributed by atoms with E-state index < -0.39 is 5.72 Å². The summed E-state index contributed by atoms with van der Waals surface area (Å²) in [4.78, 5) is 12.1. The lowest BCUT2D eigenvalue weighted by molar-refractivity contribution is -0.115. The highest BCUT2D eigenvalue weighted by molar-refractivity contribution is 9.10. The predicted octanol–water partition coefficient (Wildman–Crippen LogP) is 4.06. The summed E-state index contributed by atoms with van der Waals surface area (Å²) in [5.41, 5.74) is 1.47. The zero-order valence-electron chi connectivity index (χ0n) is 12.3. The highest BCUT2D eigenvalue weighted by Crippen LogP contribution is 2.48. The van der Waals surface area contributed by atoms with Crippen LogP contribution in [0.5, 0.6) is 5.75 Å². The largest absolute Gasteiger partial charge is 0.466 e. The summed E-state index contributed by atoms with van der Waals surface area (Å²) in [5, 5.41) is 3.34. The summed E-state index contributed by atoms with van der Waals surface area (Å²) in [7, 11) is 0. The molecule has 110 valence electrons. The van der Waals surface area contributed by atoms with E-state index in [4.69, 9.17) is 9.47 Å². The second-order valence-corrected chi connectivity index (χ2v) is 6.28. The molecule has 21 heavy (non-hydrogen) atoms. The van der Waals surface area contributed by atoms with Crippen molar-refractivity contribution in [3.8, 4) is 5.75 Å². The van der Waals surface area contributed by atoms with Crippen LogP contribution in [-0.2, 0) is 9.53 Å². The lowest BCUT2D eigenvalue weighted by Gasteiger charge is -2.32. The maximum Gasteiger partial charge on any atom is 0.237 e. The van der Waals surface area contributed by atoms with Gasteiger partial charge in [-0.3, -0.25) is 4.79 Å². The Bertz CT molecular complexity index is 720. The van der Waals surface area contributed by atoms with Gasteiger partial charge in [-0.1, -0.05) is 0 Å². The maximum absolute atomic E-state index is 12.1. The molecule has 0 saturated heterocycles. The number of carbonyl (C=O) groups is 1. The SMILES string of the molecule is CC(=O)C1=C(C)OC(C)=CC12Nc1cc(C)cc(Br)c1O2. The van der Waals surface area contributed by atoms with Gasteiger partial charge < -0.3 is 14.8 Å². The number of Topliss-reactive ketones (excluding diaryl/α,β-unsaturated/α-hetero) is 1. The first-order valence-electron chi connectivity index (χ1n) is 6.69. The number of carbonyl (C=O) groups excluding carboxylic acids is 1. The first kappa shape index (κ1) is 14.2. The number of aryl methyl sites for hydroxylation is 1. The van der Waals surface area contributed by atoms with Gasteiger partial charge in [-0.15, -0.1) is 0 Å². The van der Waals surface area contributed by atoms with Gasteiger partial charge in [-0.25, -0.2) is 0 Å². The van der Waals surface area contributed by atoms with E-state index in [0.29, 0.717) is 22.8 Å². The van der Waals surface area contributed by atoms with Crippen LogP contribution in [0.2, 0.25) is 0 Å². The van der Waals surface area contributed by atoms with E-state index in [9.17, 15) is 4.79 Å². The number of allylic oxidation sites excluding steroid dienone is 2. The Morgan fingerprint density at radius 1 is 1.29 bits per heavy atom.